The molecule has 3 aromatic rings. The zero-order valence-electron chi connectivity index (χ0n) is 16.1. The molecule has 0 N–H and O–H groups in total. The summed E-state index contributed by atoms with van der Waals surface area (Å²) < 4.78 is 15.4. The van der Waals surface area contributed by atoms with Crippen LogP contribution >= 0.6 is 27.5 Å². The van der Waals surface area contributed by atoms with Crippen LogP contribution in [-0.2, 0) is 13.1 Å². The Balaban J connectivity index is 1.68. The molecule has 0 spiro atoms. The first kappa shape index (κ1) is 20.5. The SMILES string of the molecule is Fc1ccccc1CN1CCCN(Cc2ccccc2Cl)C1c1cccc(Br)c1. The van der Waals surface area contributed by atoms with Crippen LogP contribution in [0.2, 0.25) is 5.02 Å². The van der Waals surface area contributed by atoms with Crippen molar-refractivity contribution in [3.63, 3.8) is 0 Å². The summed E-state index contributed by atoms with van der Waals surface area (Å²) in [6.45, 7) is 3.22. The van der Waals surface area contributed by atoms with E-state index in [2.05, 4.69) is 50.0 Å². The van der Waals surface area contributed by atoms with Crippen molar-refractivity contribution in [3.05, 3.63) is 105 Å². The fourth-order valence-electron chi connectivity index (χ4n) is 4.06. The van der Waals surface area contributed by atoms with Crippen molar-refractivity contribution in [2.75, 3.05) is 13.1 Å². The Morgan fingerprint density at radius 1 is 0.862 bits per heavy atom. The van der Waals surface area contributed by atoms with Crippen LogP contribution in [0.1, 0.15) is 29.3 Å². The highest BCUT2D eigenvalue weighted by atomic mass is 79.9. The Morgan fingerprint density at radius 2 is 1.52 bits per heavy atom. The Labute approximate surface area is 185 Å². The van der Waals surface area contributed by atoms with Crippen LogP contribution in [0.3, 0.4) is 0 Å². The van der Waals surface area contributed by atoms with Crippen molar-refractivity contribution in [1.29, 1.82) is 0 Å². The van der Waals surface area contributed by atoms with Crippen molar-refractivity contribution >= 4 is 27.5 Å². The van der Waals surface area contributed by atoms with E-state index in [1.807, 2.05) is 36.4 Å². The molecule has 0 aromatic heterocycles. The second-order valence-corrected chi connectivity index (χ2v) is 8.73. The minimum Gasteiger partial charge on any atom is -0.280 e. The second-order valence-electron chi connectivity index (χ2n) is 7.41. The molecule has 3 aromatic carbocycles. The third-order valence-corrected chi connectivity index (χ3v) is 6.25. The molecule has 4 rings (SSSR count). The lowest BCUT2D eigenvalue weighted by atomic mass is 10.0. The molecular formula is C24H23BrClFN2. The number of rotatable bonds is 5. The average Bonchev–Trinajstić information content (AvgIpc) is 2.72. The van der Waals surface area contributed by atoms with Crippen LogP contribution in [0, 0.1) is 5.82 Å². The number of hydrogen-bond acceptors (Lipinski definition) is 2. The first-order chi connectivity index (χ1) is 14.1. The third-order valence-electron chi connectivity index (χ3n) is 5.39. The monoisotopic (exact) mass is 472 g/mol. The number of halogens is 3. The Hall–Kier alpha value is -1.72. The standard InChI is InChI=1S/C24H23BrClFN2/c25-21-10-5-9-18(15-21)24-28(16-19-7-1-3-11-22(19)26)13-6-14-29(24)17-20-8-2-4-12-23(20)27/h1-5,7-12,15,24H,6,13-14,16-17H2. The maximum absolute atomic E-state index is 14.4. The van der Waals surface area contributed by atoms with Gasteiger partial charge in [0.05, 0.1) is 6.17 Å². The summed E-state index contributed by atoms with van der Waals surface area (Å²) in [6, 6.07) is 23.4. The summed E-state index contributed by atoms with van der Waals surface area (Å²) in [4.78, 5) is 4.80. The van der Waals surface area contributed by atoms with E-state index >= 15 is 0 Å². The Morgan fingerprint density at radius 3 is 2.21 bits per heavy atom. The van der Waals surface area contributed by atoms with E-state index < -0.39 is 0 Å². The average molecular weight is 474 g/mol. The molecule has 1 saturated heterocycles. The van der Waals surface area contributed by atoms with Gasteiger partial charge < -0.3 is 0 Å². The van der Waals surface area contributed by atoms with Gasteiger partial charge in [-0.25, -0.2) is 4.39 Å². The van der Waals surface area contributed by atoms with Gasteiger partial charge in [0, 0.05) is 41.2 Å². The molecule has 1 fully saturated rings. The minimum absolute atomic E-state index is 0.0529. The maximum atomic E-state index is 14.4. The van der Waals surface area contributed by atoms with Crippen molar-refractivity contribution < 1.29 is 4.39 Å². The summed E-state index contributed by atoms with van der Waals surface area (Å²) in [5.41, 5.74) is 3.04. The van der Waals surface area contributed by atoms with Crippen LogP contribution in [-0.4, -0.2) is 22.9 Å². The normalized spacial score (nSPS) is 18.1. The third kappa shape index (κ3) is 4.89. The van der Waals surface area contributed by atoms with E-state index in [0.717, 1.165) is 46.7 Å². The molecule has 0 radical (unpaired) electrons. The van der Waals surface area contributed by atoms with E-state index in [0.29, 0.717) is 6.54 Å². The van der Waals surface area contributed by atoms with Gasteiger partial charge in [-0.15, -0.1) is 0 Å². The first-order valence-electron chi connectivity index (χ1n) is 9.82. The quantitative estimate of drug-likeness (QED) is 0.409. The maximum Gasteiger partial charge on any atom is 0.127 e. The van der Waals surface area contributed by atoms with Gasteiger partial charge in [0.15, 0.2) is 0 Å². The van der Waals surface area contributed by atoms with Gasteiger partial charge in [0.1, 0.15) is 5.82 Å². The molecule has 1 aliphatic heterocycles. The molecule has 5 heteroatoms. The van der Waals surface area contributed by atoms with Gasteiger partial charge in [-0.05, 0) is 41.8 Å². The molecule has 150 valence electrons. The summed E-state index contributed by atoms with van der Waals surface area (Å²) in [5, 5.41) is 0.784. The van der Waals surface area contributed by atoms with E-state index in [4.69, 9.17) is 11.6 Å². The molecular weight excluding hydrogens is 451 g/mol. The largest absolute Gasteiger partial charge is 0.280 e. The lowest BCUT2D eigenvalue weighted by molar-refractivity contribution is -0.00965. The van der Waals surface area contributed by atoms with E-state index in [1.165, 1.54) is 11.6 Å². The van der Waals surface area contributed by atoms with Gasteiger partial charge in [0.25, 0.3) is 0 Å². The fourth-order valence-corrected chi connectivity index (χ4v) is 4.68. The highest BCUT2D eigenvalue weighted by molar-refractivity contribution is 9.10. The molecule has 29 heavy (non-hydrogen) atoms. The topological polar surface area (TPSA) is 6.48 Å². The van der Waals surface area contributed by atoms with Crippen molar-refractivity contribution in [3.8, 4) is 0 Å². The molecule has 1 unspecified atom stereocenters. The molecule has 0 amide bonds. The molecule has 1 heterocycles. The van der Waals surface area contributed by atoms with E-state index in [1.54, 1.807) is 6.07 Å². The summed E-state index contributed by atoms with van der Waals surface area (Å²) in [7, 11) is 0. The summed E-state index contributed by atoms with van der Waals surface area (Å²) in [5.74, 6) is -0.149. The molecule has 0 saturated carbocycles. The summed E-state index contributed by atoms with van der Waals surface area (Å²) >= 11 is 10.1. The van der Waals surface area contributed by atoms with Crippen molar-refractivity contribution in [2.45, 2.75) is 25.7 Å². The van der Waals surface area contributed by atoms with Gasteiger partial charge in [-0.3, -0.25) is 9.80 Å². The Kier molecular flexibility index (Phi) is 6.66. The van der Waals surface area contributed by atoms with Gasteiger partial charge in [-0.2, -0.15) is 0 Å². The van der Waals surface area contributed by atoms with Crippen LogP contribution < -0.4 is 0 Å². The fraction of sp³-hybridized carbons (Fsp3) is 0.250. The lowest BCUT2D eigenvalue weighted by Gasteiger charge is -2.44. The van der Waals surface area contributed by atoms with Gasteiger partial charge >= 0.3 is 0 Å². The molecule has 1 atom stereocenters. The predicted octanol–water partition coefficient (Wildman–Crippen LogP) is 6.65. The molecule has 0 aliphatic carbocycles. The molecule has 2 nitrogen and oxygen atoms in total. The zero-order valence-corrected chi connectivity index (χ0v) is 18.4. The van der Waals surface area contributed by atoms with Gasteiger partial charge in [0.2, 0.25) is 0 Å². The minimum atomic E-state index is -0.149. The number of nitrogens with zero attached hydrogens (tertiary/aromatic N) is 2. The van der Waals surface area contributed by atoms with Crippen LogP contribution in [0.25, 0.3) is 0 Å². The predicted molar refractivity (Wildman–Crippen MR) is 120 cm³/mol. The van der Waals surface area contributed by atoms with Crippen molar-refractivity contribution in [1.82, 2.24) is 9.80 Å². The van der Waals surface area contributed by atoms with E-state index in [9.17, 15) is 4.39 Å². The first-order valence-corrected chi connectivity index (χ1v) is 11.0. The zero-order chi connectivity index (χ0) is 20.2. The van der Waals surface area contributed by atoms with E-state index in [-0.39, 0.29) is 12.0 Å². The molecule has 1 aliphatic rings. The van der Waals surface area contributed by atoms with Crippen LogP contribution in [0.15, 0.2) is 77.3 Å². The highest BCUT2D eigenvalue weighted by Gasteiger charge is 2.31. The lowest BCUT2D eigenvalue weighted by Crippen LogP contribution is -2.47. The second kappa shape index (κ2) is 9.40. The smallest absolute Gasteiger partial charge is 0.127 e. The molecule has 0 bridgehead atoms. The summed E-state index contributed by atoms with van der Waals surface area (Å²) in [6.07, 6.45) is 1.08. The van der Waals surface area contributed by atoms with Crippen LogP contribution in [0.5, 0.6) is 0 Å². The van der Waals surface area contributed by atoms with Gasteiger partial charge in [-0.1, -0.05) is 76.1 Å². The highest BCUT2D eigenvalue weighted by Crippen LogP contribution is 2.34. The Bertz CT molecular complexity index is 925. The van der Waals surface area contributed by atoms with Crippen LogP contribution in [0.4, 0.5) is 4.39 Å². The van der Waals surface area contributed by atoms with Crippen molar-refractivity contribution in [2.24, 2.45) is 0 Å². The number of benzene rings is 3. The number of hydrogen-bond donors (Lipinski definition) is 0.